The molecule has 4 N–H and O–H groups in total. The fourth-order valence-electron chi connectivity index (χ4n) is 5.93. The summed E-state index contributed by atoms with van der Waals surface area (Å²) in [6, 6.07) is 8.80. The van der Waals surface area contributed by atoms with Crippen LogP contribution in [0.3, 0.4) is 0 Å². The van der Waals surface area contributed by atoms with Crippen LogP contribution in [0.2, 0.25) is 0 Å². The molecule has 0 saturated carbocycles. The average molecular weight is 567 g/mol. The molecule has 2 saturated heterocycles. The third kappa shape index (κ3) is 5.09. The Morgan fingerprint density at radius 3 is 2.52 bits per heavy atom. The second kappa shape index (κ2) is 11.0. The Hall–Kier alpha value is -3.74. The number of β-lactam (4-membered cyclic amide) rings is 1. The van der Waals surface area contributed by atoms with Gasteiger partial charge in [0.05, 0.1) is 29.7 Å². The van der Waals surface area contributed by atoms with Gasteiger partial charge in [-0.1, -0.05) is 13.0 Å². The number of benzene rings is 1. The number of carbonyl (C=O) groups excluding carboxylic acids is 2. The predicted octanol–water partition coefficient (Wildman–Crippen LogP) is 2.25. The lowest BCUT2D eigenvalue weighted by Gasteiger charge is -2.46. The number of fused-ring (bicyclic) bond motifs is 1. The minimum Gasteiger partial charge on any atom is -0.478 e. The molecular formula is C28H30N4O7S. The monoisotopic (exact) mass is 566 g/mol. The van der Waals surface area contributed by atoms with E-state index >= 15 is 0 Å². The van der Waals surface area contributed by atoms with Crippen LogP contribution in [0.25, 0.3) is 0 Å². The molecule has 0 spiro atoms. The number of pyridine rings is 1. The SMILES string of the molecule is CC(O)C1C(=O)N2C(C(=O)O)=C(SC3CC(C(=O)Nc4cccc(C(=O)O)c4)N(Cc4ccncc4)C3)C(C)C12. The number of carboxylic acids is 2. The number of aliphatic carboxylic acids is 1. The molecular weight excluding hydrogens is 536 g/mol. The Kier molecular flexibility index (Phi) is 7.67. The van der Waals surface area contributed by atoms with E-state index in [-0.39, 0.29) is 34.2 Å². The van der Waals surface area contributed by atoms with Gasteiger partial charge in [0.1, 0.15) is 5.70 Å². The van der Waals surface area contributed by atoms with Gasteiger partial charge in [0.2, 0.25) is 11.8 Å². The van der Waals surface area contributed by atoms with Crippen molar-refractivity contribution >= 4 is 41.2 Å². The van der Waals surface area contributed by atoms with E-state index in [9.17, 15) is 34.5 Å². The molecule has 6 atom stereocenters. The molecule has 40 heavy (non-hydrogen) atoms. The van der Waals surface area contributed by atoms with Crippen molar-refractivity contribution in [1.82, 2.24) is 14.8 Å². The maximum absolute atomic E-state index is 13.5. The molecule has 0 bridgehead atoms. The molecule has 12 heteroatoms. The van der Waals surface area contributed by atoms with Crippen LogP contribution in [-0.2, 0) is 20.9 Å². The van der Waals surface area contributed by atoms with E-state index in [1.807, 2.05) is 24.0 Å². The second-order valence-corrected chi connectivity index (χ2v) is 11.8. The second-order valence-electron chi connectivity index (χ2n) is 10.4. The first-order valence-electron chi connectivity index (χ1n) is 13.0. The van der Waals surface area contributed by atoms with Crippen molar-refractivity contribution in [3.8, 4) is 0 Å². The summed E-state index contributed by atoms with van der Waals surface area (Å²) < 4.78 is 0. The molecule has 1 aromatic carbocycles. The smallest absolute Gasteiger partial charge is 0.353 e. The standard InChI is InChI=1S/C28H30N4O7S/c1-14-22-21(15(2)33)26(35)32(22)23(28(38)39)24(14)40-19-11-20(31(13-19)12-16-6-8-29-9-7-16)25(34)30-18-5-3-4-17(10-18)27(36)37/h3-10,14-15,19-22,33H,11-13H2,1-2H3,(H,30,34)(H,36,37)(H,38,39). The highest BCUT2D eigenvalue weighted by Crippen LogP contribution is 2.52. The summed E-state index contributed by atoms with van der Waals surface area (Å²) in [5.74, 6) is -3.87. The van der Waals surface area contributed by atoms with Gasteiger partial charge in [-0.05, 0) is 49.2 Å². The minimum absolute atomic E-state index is 0.0385. The van der Waals surface area contributed by atoms with Gasteiger partial charge in [-0.15, -0.1) is 11.8 Å². The highest BCUT2D eigenvalue weighted by atomic mass is 32.2. The van der Waals surface area contributed by atoms with Gasteiger partial charge in [-0.2, -0.15) is 0 Å². The molecule has 4 heterocycles. The molecule has 2 aromatic rings. The number of anilines is 1. The maximum atomic E-state index is 13.5. The van der Waals surface area contributed by atoms with Gasteiger partial charge < -0.3 is 25.5 Å². The number of amides is 2. The Morgan fingerprint density at radius 2 is 1.88 bits per heavy atom. The maximum Gasteiger partial charge on any atom is 0.353 e. The number of thioether (sulfide) groups is 1. The minimum atomic E-state index is -1.19. The first-order valence-corrected chi connectivity index (χ1v) is 13.9. The average Bonchev–Trinajstić information content (AvgIpc) is 3.41. The molecule has 2 fully saturated rings. The number of aliphatic hydroxyl groups is 1. The quantitative estimate of drug-likeness (QED) is 0.332. The number of rotatable bonds is 9. The van der Waals surface area contributed by atoms with Crippen LogP contribution in [0.5, 0.6) is 0 Å². The fraction of sp³-hybridized carbons (Fsp3) is 0.393. The van der Waals surface area contributed by atoms with E-state index in [1.165, 1.54) is 28.8 Å². The van der Waals surface area contributed by atoms with Crippen LogP contribution in [0.4, 0.5) is 5.69 Å². The van der Waals surface area contributed by atoms with Crippen molar-refractivity contribution in [3.63, 3.8) is 0 Å². The number of aromatic nitrogens is 1. The van der Waals surface area contributed by atoms with Crippen LogP contribution in [-0.4, -0.2) is 83.8 Å². The van der Waals surface area contributed by atoms with Crippen LogP contribution >= 0.6 is 11.8 Å². The van der Waals surface area contributed by atoms with Crippen LogP contribution < -0.4 is 5.32 Å². The number of nitrogens with one attached hydrogen (secondary N) is 1. The lowest BCUT2D eigenvalue weighted by Crippen LogP contribution is -2.63. The van der Waals surface area contributed by atoms with E-state index in [1.54, 1.807) is 31.5 Å². The number of nitrogens with zero attached hydrogens (tertiary/aromatic N) is 3. The lowest BCUT2D eigenvalue weighted by molar-refractivity contribution is -0.163. The summed E-state index contributed by atoms with van der Waals surface area (Å²) in [6.07, 6.45) is 2.88. The summed E-state index contributed by atoms with van der Waals surface area (Å²) in [5, 5.41) is 32.1. The van der Waals surface area contributed by atoms with Crippen LogP contribution in [0.1, 0.15) is 36.2 Å². The molecule has 0 aliphatic carbocycles. The molecule has 210 valence electrons. The fourth-order valence-corrected chi connectivity index (χ4v) is 7.49. The number of aromatic carboxylic acids is 1. The van der Waals surface area contributed by atoms with Crippen molar-refractivity contribution in [2.75, 3.05) is 11.9 Å². The van der Waals surface area contributed by atoms with Crippen molar-refractivity contribution in [3.05, 3.63) is 70.5 Å². The summed E-state index contributed by atoms with van der Waals surface area (Å²) in [6.45, 7) is 4.37. The van der Waals surface area contributed by atoms with Crippen molar-refractivity contribution in [2.24, 2.45) is 11.8 Å². The summed E-state index contributed by atoms with van der Waals surface area (Å²) in [5.41, 5.74) is 1.35. The number of likely N-dealkylation sites (tertiary alicyclic amines) is 1. The molecule has 2 amide bonds. The molecule has 5 rings (SSSR count). The summed E-state index contributed by atoms with van der Waals surface area (Å²) >= 11 is 1.38. The highest BCUT2D eigenvalue weighted by Gasteiger charge is 2.60. The zero-order chi connectivity index (χ0) is 28.7. The third-order valence-corrected chi connectivity index (χ3v) is 9.28. The molecule has 6 unspecified atom stereocenters. The van der Waals surface area contributed by atoms with E-state index in [0.717, 1.165) is 5.56 Å². The van der Waals surface area contributed by atoms with Gasteiger partial charge in [-0.3, -0.25) is 19.5 Å². The van der Waals surface area contributed by atoms with Crippen molar-refractivity contribution in [2.45, 2.75) is 50.3 Å². The number of hydrogen-bond acceptors (Lipinski definition) is 8. The molecule has 0 radical (unpaired) electrons. The van der Waals surface area contributed by atoms with Gasteiger partial charge in [0.15, 0.2) is 0 Å². The predicted molar refractivity (Wildman–Crippen MR) is 146 cm³/mol. The van der Waals surface area contributed by atoms with E-state index in [4.69, 9.17) is 0 Å². The number of hydrogen-bond donors (Lipinski definition) is 4. The van der Waals surface area contributed by atoms with E-state index in [2.05, 4.69) is 10.3 Å². The summed E-state index contributed by atoms with van der Waals surface area (Å²) in [4.78, 5) is 57.8. The number of aliphatic hydroxyl groups excluding tert-OH is 1. The number of carboxylic acid groups (broad SMARTS) is 2. The van der Waals surface area contributed by atoms with Crippen LogP contribution in [0.15, 0.2) is 59.4 Å². The lowest BCUT2D eigenvalue weighted by atomic mass is 9.79. The number of carbonyl (C=O) groups is 4. The van der Waals surface area contributed by atoms with Gasteiger partial charge in [0, 0.05) is 47.2 Å². The van der Waals surface area contributed by atoms with Gasteiger partial charge in [0.25, 0.3) is 0 Å². The highest BCUT2D eigenvalue weighted by molar-refractivity contribution is 8.03. The Balaban J connectivity index is 1.38. The van der Waals surface area contributed by atoms with Gasteiger partial charge >= 0.3 is 11.9 Å². The molecule has 1 aromatic heterocycles. The Bertz CT molecular complexity index is 1380. The normalized spacial score (nSPS) is 26.8. The molecule has 11 nitrogen and oxygen atoms in total. The van der Waals surface area contributed by atoms with E-state index < -0.39 is 36.0 Å². The topological polar surface area (TPSA) is 160 Å². The third-order valence-electron chi connectivity index (χ3n) is 7.78. The Labute approximate surface area is 234 Å². The summed E-state index contributed by atoms with van der Waals surface area (Å²) in [7, 11) is 0. The zero-order valence-electron chi connectivity index (χ0n) is 21.9. The van der Waals surface area contributed by atoms with E-state index in [0.29, 0.717) is 30.1 Å². The molecule has 3 aliphatic rings. The first kappa shape index (κ1) is 27.8. The first-order chi connectivity index (χ1) is 19.1. The Morgan fingerprint density at radius 1 is 1.15 bits per heavy atom. The van der Waals surface area contributed by atoms with Gasteiger partial charge in [-0.25, -0.2) is 9.59 Å². The molecule has 3 aliphatic heterocycles. The van der Waals surface area contributed by atoms with Crippen LogP contribution in [0, 0.1) is 11.8 Å². The zero-order valence-corrected chi connectivity index (χ0v) is 22.7. The largest absolute Gasteiger partial charge is 0.478 e. The van der Waals surface area contributed by atoms with Crippen molar-refractivity contribution in [1.29, 1.82) is 0 Å². The van der Waals surface area contributed by atoms with Crippen molar-refractivity contribution < 1.29 is 34.5 Å².